The van der Waals surface area contributed by atoms with E-state index in [1.807, 2.05) is 42.6 Å². The van der Waals surface area contributed by atoms with Crippen LogP contribution in [0.1, 0.15) is 24.1 Å². The maximum absolute atomic E-state index is 5.76. The molecule has 42 heavy (non-hydrogen) atoms. The first-order valence-corrected chi connectivity index (χ1v) is 14.3. The van der Waals surface area contributed by atoms with Crippen LogP contribution in [0.4, 0.5) is 5.82 Å². The number of hydrazine groups is 2. The van der Waals surface area contributed by atoms with E-state index in [1.54, 1.807) is 12.5 Å². The third-order valence-electron chi connectivity index (χ3n) is 8.43. The normalized spacial score (nSPS) is 19.2. The summed E-state index contributed by atoms with van der Waals surface area (Å²) >= 11 is 0. The molecule has 0 radical (unpaired) electrons. The molecule has 0 saturated carbocycles. The van der Waals surface area contributed by atoms with Crippen molar-refractivity contribution in [2.45, 2.75) is 25.0 Å². The number of aromatic nitrogens is 3. The second kappa shape index (κ2) is 11.3. The fraction of sp³-hybridized carbons (Fsp3) is 0.212. The van der Waals surface area contributed by atoms with E-state index in [4.69, 9.17) is 15.8 Å². The van der Waals surface area contributed by atoms with Gasteiger partial charge in [0.25, 0.3) is 0 Å². The fourth-order valence-corrected chi connectivity index (χ4v) is 6.25. The summed E-state index contributed by atoms with van der Waals surface area (Å²) in [5.74, 6) is 6.73. The highest BCUT2D eigenvalue weighted by molar-refractivity contribution is 5.96. The summed E-state index contributed by atoms with van der Waals surface area (Å²) in [5, 5.41) is 0.890. The van der Waals surface area contributed by atoms with Crippen LogP contribution < -0.4 is 22.1 Å². The molecule has 210 valence electrons. The topological polar surface area (TPSA) is 116 Å². The van der Waals surface area contributed by atoms with Crippen molar-refractivity contribution in [3.63, 3.8) is 0 Å². The number of nitrogens with two attached hydrogens (primary N) is 1. The molecule has 0 spiro atoms. The van der Waals surface area contributed by atoms with E-state index in [9.17, 15) is 0 Å². The van der Waals surface area contributed by atoms with E-state index < -0.39 is 5.66 Å². The van der Waals surface area contributed by atoms with Crippen LogP contribution in [0.2, 0.25) is 0 Å². The van der Waals surface area contributed by atoms with E-state index >= 15 is 0 Å². The molecule has 9 heteroatoms. The maximum atomic E-state index is 5.76. The molecule has 5 N–H and O–H groups in total. The molecule has 7 rings (SSSR count). The Morgan fingerprint density at radius 2 is 1.69 bits per heavy atom. The lowest BCUT2D eigenvalue weighted by molar-refractivity contribution is 0.105. The second-order valence-corrected chi connectivity index (χ2v) is 10.9. The van der Waals surface area contributed by atoms with E-state index in [-0.39, 0.29) is 0 Å². The summed E-state index contributed by atoms with van der Waals surface area (Å²) < 4.78 is 0. The SMILES string of the molecule is NNc1nccc2nc(-c3ccc(CN4CCC(C5(c6ccccn6)N=CNN5)CC4)cc3)c(-c3ccccc3)cc12. The number of hydrogen-bond donors (Lipinski definition) is 4. The molecule has 2 aliphatic rings. The lowest BCUT2D eigenvalue weighted by Gasteiger charge is -2.40. The van der Waals surface area contributed by atoms with Gasteiger partial charge in [0.1, 0.15) is 5.82 Å². The highest BCUT2D eigenvalue weighted by Crippen LogP contribution is 2.38. The molecule has 2 aliphatic heterocycles. The van der Waals surface area contributed by atoms with Crippen LogP contribution in [0, 0.1) is 5.92 Å². The molecule has 1 saturated heterocycles. The lowest BCUT2D eigenvalue weighted by Crippen LogP contribution is -2.51. The first kappa shape index (κ1) is 26.2. The Kier molecular flexibility index (Phi) is 7.05. The lowest BCUT2D eigenvalue weighted by atomic mass is 9.82. The van der Waals surface area contributed by atoms with Gasteiger partial charge >= 0.3 is 0 Å². The molecular formula is C33H33N9. The summed E-state index contributed by atoms with van der Waals surface area (Å²) in [6.07, 6.45) is 7.40. The van der Waals surface area contributed by atoms with Gasteiger partial charge in [0.05, 0.1) is 23.2 Å². The van der Waals surface area contributed by atoms with E-state index in [0.29, 0.717) is 11.7 Å². The number of aliphatic imine (C=N–C) groups is 1. The highest BCUT2D eigenvalue weighted by Gasteiger charge is 2.44. The number of anilines is 1. The third kappa shape index (κ3) is 4.87. The monoisotopic (exact) mass is 555 g/mol. The smallest absolute Gasteiger partial charge is 0.173 e. The number of rotatable bonds is 7. The number of nitrogen functional groups attached to an aromatic ring is 1. The van der Waals surface area contributed by atoms with Gasteiger partial charge in [-0.05, 0) is 61.3 Å². The summed E-state index contributed by atoms with van der Waals surface area (Å²) in [7, 11) is 0. The van der Waals surface area contributed by atoms with Gasteiger partial charge in [-0.3, -0.25) is 9.88 Å². The van der Waals surface area contributed by atoms with Crippen LogP contribution in [0.3, 0.4) is 0 Å². The average molecular weight is 556 g/mol. The number of likely N-dealkylation sites (tertiary alicyclic amines) is 1. The molecule has 5 heterocycles. The van der Waals surface area contributed by atoms with Crippen LogP contribution in [0.15, 0.2) is 102 Å². The van der Waals surface area contributed by atoms with Gasteiger partial charge in [-0.15, -0.1) is 0 Å². The van der Waals surface area contributed by atoms with Crippen molar-refractivity contribution in [2.24, 2.45) is 16.8 Å². The van der Waals surface area contributed by atoms with Crippen molar-refractivity contribution < 1.29 is 0 Å². The van der Waals surface area contributed by atoms with Gasteiger partial charge in [0.2, 0.25) is 0 Å². The summed E-state index contributed by atoms with van der Waals surface area (Å²) in [6.45, 7) is 2.93. The van der Waals surface area contributed by atoms with Crippen molar-refractivity contribution >= 4 is 23.1 Å². The van der Waals surface area contributed by atoms with Crippen molar-refractivity contribution in [3.8, 4) is 22.4 Å². The Balaban J connectivity index is 1.10. The Morgan fingerprint density at radius 3 is 2.40 bits per heavy atom. The number of hydrogen-bond acceptors (Lipinski definition) is 9. The zero-order valence-corrected chi connectivity index (χ0v) is 23.2. The highest BCUT2D eigenvalue weighted by atomic mass is 15.5. The van der Waals surface area contributed by atoms with Gasteiger partial charge in [-0.2, -0.15) is 0 Å². The number of piperidine rings is 1. The third-order valence-corrected chi connectivity index (χ3v) is 8.43. The van der Waals surface area contributed by atoms with Gasteiger partial charge in [-0.25, -0.2) is 26.2 Å². The Labute approximate surface area is 244 Å². The molecular weight excluding hydrogens is 522 g/mol. The van der Waals surface area contributed by atoms with Crippen molar-refractivity contribution in [3.05, 3.63) is 109 Å². The molecule has 1 atom stereocenters. The van der Waals surface area contributed by atoms with Gasteiger partial charge in [-0.1, -0.05) is 60.7 Å². The van der Waals surface area contributed by atoms with Gasteiger partial charge in [0, 0.05) is 41.4 Å². The quantitative estimate of drug-likeness (QED) is 0.166. The standard InChI is InChI=1S/C33H33N9/c34-40-32-28-20-27(24-6-2-1-3-7-24)31(39-29(28)13-17-36-32)25-11-9-23(10-12-25)21-42-18-14-26(15-19-42)33(37-22-38-41-33)30-8-4-5-16-35-30/h1-13,16-17,20,22,26,41H,14-15,18-19,21,34H2,(H,36,40)(H,37,38). The van der Waals surface area contributed by atoms with E-state index in [0.717, 1.165) is 71.5 Å². The first-order chi connectivity index (χ1) is 20.7. The molecule has 0 aliphatic carbocycles. The zero-order valence-electron chi connectivity index (χ0n) is 23.2. The first-order valence-electron chi connectivity index (χ1n) is 14.3. The summed E-state index contributed by atoms with van der Waals surface area (Å²) in [6, 6.07) is 29.2. The van der Waals surface area contributed by atoms with Gasteiger partial charge in [0.15, 0.2) is 5.66 Å². The molecule has 0 bridgehead atoms. The second-order valence-electron chi connectivity index (χ2n) is 10.9. The number of benzene rings is 2. The molecule has 9 nitrogen and oxygen atoms in total. The Hall–Kier alpha value is -4.70. The number of nitrogens with one attached hydrogen (secondary N) is 3. The average Bonchev–Trinajstić information content (AvgIpc) is 3.57. The summed E-state index contributed by atoms with van der Waals surface area (Å²) in [5.41, 5.74) is 16.0. The van der Waals surface area contributed by atoms with Crippen LogP contribution >= 0.6 is 0 Å². The van der Waals surface area contributed by atoms with Crippen LogP contribution in [-0.4, -0.2) is 39.3 Å². The minimum Gasteiger partial charge on any atom is -0.310 e. The predicted molar refractivity (Wildman–Crippen MR) is 167 cm³/mol. The number of nitrogens with zero attached hydrogens (tertiary/aromatic N) is 5. The van der Waals surface area contributed by atoms with Crippen molar-refractivity contribution in [2.75, 3.05) is 18.5 Å². The van der Waals surface area contributed by atoms with Crippen molar-refractivity contribution in [1.82, 2.24) is 30.7 Å². The molecule has 1 unspecified atom stereocenters. The predicted octanol–water partition coefficient (Wildman–Crippen LogP) is 4.85. The molecule has 1 fully saturated rings. The fourth-order valence-electron chi connectivity index (χ4n) is 6.25. The molecule has 0 amide bonds. The van der Waals surface area contributed by atoms with E-state index in [2.05, 4.69) is 79.7 Å². The molecule has 5 aromatic rings. The number of pyridine rings is 3. The minimum absolute atomic E-state index is 0.359. The zero-order chi connectivity index (χ0) is 28.4. The van der Waals surface area contributed by atoms with Crippen LogP contribution in [0.25, 0.3) is 33.3 Å². The Morgan fingerprint density at radius 1 is 0.881 bits per heavy atom. The maximum Gasteiger partial charge on any atom is 0.173 e. The van der Waals surface area contributed by atoms with Crippen LogP contribution in [0.5, 0.6) is 0 Å². The van der Waals surface area contributed by atoms with E-state index in [1.165, 1.54) is 5.56 Å². The number of fused-ring (bicyclic) bond motifs is 1. The Bertz CT molecular complexity index is 1700. The molecule has 2 aromatic carbocycles. The molecule has 3 aromatic heterocycles. The van der Waals surface area contributed by atoms with Crippen LogP contribution in [-0.2, 0) is 12.2 Å². The van der Waals surface area contributed by atoms with Crippen molar-refractivity contribution in [1.29, 1.82) is 0 Å². The summed E-state index contributed by atoms with van der Waals surface area (Å²) in [4.78, 5) is 21.4. The van der Waals surface area contributed by atoms with Gasteiger partial charge < -0.3 is 10.9 Å². The largest absolute Gasteiger partial charge is 0.310 e. The minimum atomic E-state index is -0.505.